The second-order valence-electron chi connectivity index (χ2n) is 4.73. The third kappa shape index (κ3) is 2.41. The Morgan fingerprint density at radius 1 is 1.16 bits per heavy atom. The highest BCUT2D eigenvalue weighted by Crippen LogP contribution is 2.20. The molecule has 1 aromatic carbocycles. The van der Waals surface area contributed by atoms with Gasteiger partial charge in [-0.05, 0) is 19.4 Å². The van der Waals surface area contributed by atoms with E-state index in [0.717, 1.165) is 23.7 Å². The highest BCUT2D eigenvalue weighted by Gasteiger charge is 2.11. The summed E-state index contributed by atoms with van der Waals surface area (Å²) in [4.78, 5) is 5.69. The molecule has 4 heteroatoms. The molecule has 1 N–H and O–H groups in total. The average Bonchev–Trinajstić information content (AvgIpc) is 2.92. The largest absolute Gasteiger partial charge is 0.307 e. The van der Waals surface area contributed by atoms with E-state index in [1.54, 1.807) is 11.3 Å². The summed E-state index contributed by atoms with van der Waals surface area (Å²) in [6.07, 6.45) is 0. The normalized spacial score (nSPS) is 11.3. The van der Waals surface area contributed by atoms with Crippen molar-refractivity contribution >= 4 is 16.3 Å². The first-order valence-electron chi connectivity index (χ1n) is 6.42. The molecule has 2 aromatic heterocycles. The summed E-state index contributed by atoms with van der Waals surface area (Å²) < 4.78 is 2.25. The zero-order chi connectivity index (χ0) is 13.2. The summed E-state index contributed by atoms with van der Waals surface area (Å²) >= 11 is 1.70. The standard InChI is InChI=1S/C15H17N3S/c1-11-10-19-15-17-12(2)14(18(11)15)9-16-8-13-6-4-3-5-7-13/h3-7,10,16H,8-9H2,1-2H3. The summed E-state index contributed by atoms with van der Waals surface area (Å²) in [5.74, 6) is 0. The molecular weight excluding hydrogens is 254 g/mol. The van der Waals surface area contributed by atoms with Crippen molar-refractivity contribution in [1.29, 1.82) is 0 Å². The third-order valence-corrected chi connectivity index (χ3v) is 4.24. The van der Waals surface area contributed by atoms with Crippen molar-refractivity contribution in [2.24, 2.45) is 0 Å². The molecule has 3 aromatic rings. The number of benzene rings is 1. The zero-order valence-electron chi connectivity index (χ0n) is 11.2. The molecule has 0 bridgehead atoms. The highest BCUT2D eigenvalue weighted by molar-refractivity contribution is 7.15. The Morgan fingerprint density at radius 3 is 2.74 bits per heavy atom. The minimum absolute atomic E-state index is 0.847. The van der Waals surface area contributed by atoms with Gasteiger partial charge in [0, 0.05) is 24.2 Å². The van der Waals surface area contributed by atoms with Crippen LogP contribution in [0.4, 0.5) is 0 Å². The number of hydrogen-bond acceptors (Lipinski definition) is 3. The van der Waals surface area contributed by atoms with Crippen LogP contribution in [0.1, 0.15) is 22.6 Å². The summed E-state index contributed by atoms with van der Waals surface area (Å²) in [7, 11) is 0. The fourth-order valence-corrected chi connectivity index (χ4v) is 3.23. The lowest BCUT2D eigenvalue weighted by Gasteiger charge is -2.06. The van der Waals surface area contributed by atoms with E-state index < -0.39 is 0 Å². The molecule has 0 radical (unpaired) electrons. The predicted molar refractivity (Wildman–Crippen MR) is 79.5 cm³/mol. The Balaban J connectivity index is 1.75. The number of imidazole rings is 1. The summed E-state index contributed by atoms with van der Waals surface area (Å²) in [5, 5.41) is 5.65. The smallest absolute Gasteiger partial charge is 0.194 e. The van der Waals surface area contributed by atoms with Crippen LogP contribution in [0, 0.1) is 13.8 Å². The molecular formula is C15H17N3S. The Kier molecular flexibility index (Phi) is 3.36. The molecule has 2 heterocycles. The van der Waals surface area contributed by atoms with Gasteiger partial charge in [0.2, 0.25) is 0 Å². The number of thiazole rings is 1. The van der Waals surface area contributed by atoms with Crippen LogP contribution >= 0.6 is 11.3 Å². The highest BCUT2D eigenvalue weighted by atomic mass is 32.1. The fraction of sp³-hybridized carbons (Fsp3) is 0.267. The number of aromatic nitrogens is 2. The molecule has 0 aliphatic heterocycles. The quantitative estimate of drug-likeness (QED) is 0.789. The molecule has 0 atom stereocenters. The Morgan fingerprint density at radius 2 is 1.95 bits per heavy atom. The second kappa shape index (κ2) is 5.15. The molecule has 0 spiro atoms. The number of hydrogen-bond donors (Lipinski definition) is 1. The minimum Gasteiger partial charge on any atom is -0.307 e. The topological polar surface area (TPSA) is 29.3 Å². The summed E-state index contributed by atoms with van der Waals surface area (Å²) in [5.41, 5.74) is 4.96. The van der Waals surface area contributed by atoms with Gasteiger partial charge in [0.1, 0.15) is 0 Å². The molecule has 3 nitrogen and oxygen atoms in total. The zero-order valence-corrected chi connectivity index (χ0v) is 12.0. The molecule has 0 aliphatic rings. The van der Waals surface area contributed by atoms with Gasteiger partial charge in [-0.3, -0.25) is 4.40 Å². The van der Waals surface area contributed by atoms with Crippen molar-refractivity contribution in [2.45, 2.75) is 26.9 Å². The van der Waals surface area contributed by atoms with E-state index in [2.05, 4.69) is 58.2 Å². The Bertz CT molecular complexity index is 682. The van der Waals surface area contributed by atoms with Crippen LogP contribution in [0.3, 0.4) is 0 Å². The molecule has 0 saturated carbocycles. The first kappa shape index (κ1) is 12.4. The Labute approximate surface area is 116 Å². The van der Waals surface area contributed by atoms with E-state index in [0.29, 0.717) is 0 Å². The van der Waals surface area contributed by atoms with Crippen LogP contribution in [-0.4, -0.2) is 9.38 Å². The van der Waals surface area contributed by atoms with Gasteiger partial charge in [-0.1, -0.05) is 30.3 Å². The summed E-state index contributed by atoms with van der Waals surface area (Å²) in [6.45, 7) is 5.94. The van der Waals surface area contributed by atoms with Gasteiger partial charge in [0.15, 0.2) is 4.96 Å². The Hall–Kier alpha value is -1.65. The van der Waals surface area contributed by atoms with Crippen molar-refractivity contribution in [3.8, 4) is 0 Å². The SMILES string of the molecule is Cc1nc2scc(C)n2c1CNCc1ccccc1. The van der Waals surface area contributed by atoms with Crippen molar-refractivity contribution in [1.82, 2.24) is 14.7 Å². The van der Waals surface area contributed by atoms with E-state index in [4.69, 9.17) is 0 Å². The molecule has 19 heavy (non-hydrogen) atoms. The molecule has 0 fully saturated rings. The van der Waals surface area contributed by atoms with Crippen LogP contribution in [0.2, 0.25) is 0 Å². The minimum atomic E-state index is 0.847. The molecule has 3 rings (SSSR count). The number of rotatable bonds is 4. The van der Waals surface area contributed by atoms with Crippen molar-refractivity contribution in [3.63, 3.8) is 0 Å². The maximum absolute atomic E-state index is 4.60. The third-order valence-electron chi connectivity index (χ3n) is 3.29. The molecule has 0 saturated heterocycles. The van der Waals surface area contributed by atoms with Crippen LogP contribution in [0.15, 0.2) is 35.7 Å². The average molecular weight is 271 g/mol. The van der Waals surface area contributed by atoms with E-state index >= 15 is 0 Å². The lowest BCUT2D eigenvalue weighted by atomic mass is 10.2. The first-order chi connectivity index (χ1) is 9.25. The van der Waals surface area contributed by atoms with E-state index in [-0.39, 0.29) is 0 Å². The number of nitrogens with one attached hydrogen (secondary N) is 1. The van der Waals surface area contributed by atoms with Gasteiger partial charge >= 0.3 is 0 Å². The van der Waals surface area contributed by atoms with Gasteiger partial charge in [-0.15, -0.1) is 11.3 Å². The van der Waals surface area contributed by atoms with Gasteiger partial charge < -0.3 is 5.32 Å². The van der Waals surface area contributed by atoms with E-state index in [1.165, 1.54) is 17.0 Å². The maximum atomic E-state index is 4.60. The van der Waals surface area contributed by atoms with Gasteiger partial charge in [-0.25, -0.2) is 4.98 Å². The predicted octanol–water partition coefficient (Wildman–Crippen LogP) is 3.30. The molecule has 0 amide bonds. The van der Waals surface area contributed by atoms with Crippen LogP contribution in [-0.2, 0) is 13.1 Å². The molecule has 0 unspecified atom stereocenters. The monoisotopic (exact) mass is 271 g/mol. The van der Waals surface area contributed by atoms with Crippen LogP contribution in [0.5, 0.6) is 0 Å². The van der Waals surface area contributed by atoms with Gasteiger partial charge in [-0.2, -0.15) is 0 Å². The van der Waals surface area contributed by atoms with Gasteiger partial charge in [0.05, 0.1) is 11.4 Å². The van der Waals surface area contributed by atoms with Crippen molar-refractivity contribution < 1.29 is 0 Å². The lowest BCUT2D eigenvalue weighted by molar-refractivity contribution is 0.671. The molecule has 0 aliphatic carbocycles. The summed E-state index contributed by atoms with van der Waals surface area (Å²) in [6, 6.07) is 10.5. The van der Waals surface area contributed by atoms with E-state index in [9.17, 15) is 0 Å². The number of fused-ring (bicyclic) bond motifs is 1. The molecule has 98 valence electrons. The number of nitrogens with zero attached hydrogens (tertiary/aromatic N) is 2. The first-order valence-corrected chi connectivity index (χ1v) is 7.30. The fourth-order valence-electron chi connectivity index (χ4n) is 2.30. The van der Waals surface area contributed by atoms with Crippen LogP contribution < -0.4 is 5.32 Å². The lowest BCUT2D eigenvalue weighted by Crippen LogP contribution is -2.15. The number of aryl methyl sites for hydroxylation is 2. The van der Waals surface area contributed by atoms with Gasteiger partial charge in [0.25, 0.3) is 0 Å². The van der Waals surface area contributed by atoms with Crippen LogP contribution in [0.25, 0.3) is 4.96 Å². The van der Waals surface area contributed by atoms with E-state index in [1.807, 2.05) is 6.07 Å². The maximum Gasteiger partial charge on any atom is 0.194 e. The van der Waals surface area contributed by atoms with Crippen molar-refractivity contribution in [2.75, 3.05) is 0 Å². The van der Waals surface area contributed by atoms with Crippen molar-refractivity contribution in [3.05, 3.63) is 58.4 Å². The second-order valence-corrected chi connectivity index (χ2v) is 5.56.